The Morgan fingerprint density at radius 3 is 1.56 bits per heavy atom. The molecule has 0 amide bonds. The summed E-state index contributed by atoms with van der Waals surface area (Å²) in [6, 6.07) is 100. The van der Waals surface area contributed by atoms with Crippen LogP contribution in [0.4, 0.5) is 22.7 Å². The lowest BCUT2D eigenvalue weighted by molar-refractivity contribution is 1.18. The van der Waals surface area contributed by atoms with Crippen LogP contribution in [0.15, 0.2) is 273 Å². The number of fused-ring (bicyclic) bond motifs is 5. The summed E-state index contributed by atoms with van der Waals surface area (Å²) in [5.41, 5.74) is 16.9. The van der Waals surface area contributed by atoms with Crippen molar-refractivity contribution in [3.8, 4) is 39.1 Å². The highest BCUT2D eigenvalue weighted by molar-refractivity contribution is 7.19. The molecule has 3 nitrogen and oxygen atoms in total. The highest BCUT2D eigenvalue weighted by atomic mass is 28.3. The molecule has 333 valence electrons. The van der Waals surface area contributed by atoms with E-state index in [4.69, 9.17) is 0 Å². The summed E-state index contributed by atoms with van der Waals surface area (Å²) in [7, 11) is -0.417. The van der Waals surface area contributed by atoms with Crippen molar-refractivity contribution in [2.45, 2.75) is 0 Å². The third-order valence-electron chi connectivity index (χ3n) is 14.3. The molecule has 0 fully saturated rings. The minimum absolute atomic E-state index is 1.03. The van der Waals surface area contributed by atoms with Gasteiger partial charge in [0.1, 0.15) is 0 Å². The molecule has 0 bridgehead atoms. The van der Waals surface area contributed by atoms with Crippen LogP contribution in [-0.4, -0.2) is 19.9 Å². The van der Waals surface area contributed by atoms with Gasteiger partial charge in [-0.3, -0.25) is 0 Å². The zero-order valence-electron chi connectivity index (χ0n) is 39.0. The Morgan fingerprint density at radius 2 is 0.901 bits per heavy atom. The molecule has 2 heterocycles. The smallest absolute Gasteiger partial charge is 0.197 e. The number of nitrogens with one attached hydrogen (secondary N) is 2. The fraction of sp³-hybridized carbons (Fsp3) is 0. The van der Waals surface area contributed by atoms with Gasteiger partial charge in [0.15, 0.2) is 15.4 Å². The Morgan fingerprint density at radius 1 is 0.366 bits per heavy atom. The molecule has 1 aromatic heterocycles. The summed E-state index contributed by atoms with van der Waals surface area (Å²) in [6.45, 7) is 0. The van der Waals surface area contributed by atoms with Crippen molar-refractivity contribution in [1.29, 1.82) is 0 Å². The molecule has 0 spiro atoms. The first-order valence-electron chi connectivity index (χ1n) is 24.4. The number of hydrogen-bond donors (Lipinski definition) is 2. The summed E-state index contributed by atoms with van der Waals surface area (Å²) >= 11 is 0. The largest absolute Gasteiger partial charge is 0.356 e. The normalized spacial score (nSPS) is 11.9. The number of para-hydroxylation sites is 4. The van der Waals surface area contributed by atoms with Gasteiger partial charge in [-0.1, -0.05) is 223 Å². The quantitative estimate of drug-likeness (QED) is 0.106. The number of hydrogen-bond acceptors (Lipinski definition) is 2. The molecule has 11 aromatic carbocycles. The van der Waals surface area contributed by atoms with Gasteiger partial charge >= 0.3 is 0 Å². The van der Waals surface area contributed by atoms with Crippen molar-refractivity contribution >= 4 is 91.6 Å². The lowest BCUT2D eigenvalue weighted by Crippen LogP contribution is -2.74. The van der Waals surface area contributed by atoms with Crippen molar-refractivity contribution in [2.24, 2.45) is 0 Å². The molecule has 0 atom stereocenters. The van der Waals surface area contributed by atoms with Crippen LogP contribution in [0.5, 0.6) is 0 Å². The van der Waals surface area contributed by atoms with Crippen molar-refractivity contribution in [3.05, 3.63) is 273 Å². The van der Waals surface area contributed by atoms with Gasteiger partial charge in [0.25, 0.3) is 0 Å². The maximum Gasteiger partial charge on any atom is 0.197 e. The molecule has 13 rings (SSSR count). The molecular weight excluding hydrogens is 874 g/mol. The molecule has 1 aliphatic heterocycles. The molecular formula is C66H47BN3Si. The fourth-order valence-corrected chi connectivity index (χ4v) is 15.9. The van der Waals surface area contributed by atoms with Crippen molar-refractivity contribution < 1.29 is 0 Å². The van der Waals surface area contributed by atoms with E-state index in [2.05, 4.69) is 295 Å². The predicted octanol–water partition coefficient (Wildman–Crippen LogP) is 12.6. The van der Waals surface area contributed by atoms with Gasteiger partial charge in [0.2, 0.25) is 0 Å². The average molecular weight is 921 g/mol. The van der Waals surface area contributed by atoms with Crippen LogP contribution in [-0.2, 0) is 0 Å². The zero-order valence-corrected chi connectivity index (χ0v) is 40.0. The minimum atomic E-state index is -2.76. The van der Waals surface area contributed by atoms with E-state index >= 15 is 0 Å². The highest BCUT2D eigenvalue weighted by Gasteiger charge is 2.41. The van der Waals surface area contributed by atoms with Crippen molar-refractivity contribution in [1.82, 2.24) is 4.57 Å². The SMILES string of the molecule is [B]1c2ccccc2Nc2cc(-c3cccc(-n4c5ccccc5c5ccccc54)c3)cc(-c3ccc(-c4cccc([Si](c5ccccc5)(c5ccccc5)c5ccccc5)c4)cc3Nc3ccccc3)c21. The second-order valence-corrected chi connectivity index (χ2v) is 22.3. The topological polar surface area (TPSA) is 29.0 Å². The van der Waals surface area contributed by atoms with E-state index in [1.165, 1.54) is 48.1 Å². The van der Waals surface area contributed by atoms with Crippen LogP contribution in [0, 0.1) is 0 Å². The molecule has 71 heavy (non-hydrogen) atoms. The van der Waals surface area contributed by atoms with Crippen LogP contribution in [0.1, 0.15) is 0 Å². The van der Waals surface area contributed by atoms with E-state index in [-0.39, 0.29) is 0 Å². The summed E-state index contributed by atoms with van der Waals surface area (Å²) < 4.78 is 2.40. The standard InChI is InChI=1S/C66H47BN3Si/c1-5-23-50(24-6-1)68-62-44-48(47-22-20-32-55(42-47)71(52-26-7-2-8-27-52,53-28-9-3-10-29-53)54-30-11-4-12-31-54)39-40-56(62)59-43-49(45-63-66(59)67-60-35-15-16-36-61(60)69-63)46-21-19-25-51(41-46)70-64-37-17-13-33-57(64)58-34-14-18-38-65(58)70/h1-45,68-69H. The van der Waals surface area contributed by atoms with E-state index in [0.29, 0.717) is 0 Å². The van der Waals surface area contributed by atoms with Gasteiger partial charge in [-0.25, -0.2) is 0 Å². The number of nitrogens with zero attached hydrogens (tertiary/aromatic N) is 1. The van der Waals surface area contributed by atoms with Gasteiger partial charge in [0, 0.05) is 44.8 Å². The van der Waals surface area contributed by atoms with Crippen LogP contribution in [0.25, 0.3) is 60.9 Å². The average Bonchev–Trinajstić information content (AvgIpc) is 3.78. The molecule has 1 aliphatic rings. The van der Waals surface area contributed by atoms with E-state index < -0.39 is 8.07 Å². The second kappa shape index (κ2) is 17.9. The van der Waals surface area contributed by atoms with E-state index in [1.807, 2.05) is 0 Å². The Bertz CT molecular complexity index is 3760. The lowest BCUT2D eigenvalue weighted by Gasteiger charge is -2.34. The van der Waals surface area contributed by atoms with Gasteiger partial charge in [-0.15, -0.1) is 0 Å². The van der Waals surface area contributed by atoms with E-state index in [9.17, 15) is 0 Å². The van der Waals surface area contributed by atoms with Crippen molar-refractivity contribution in [2.75, 3.05) is 10.6 Å². The molecule has 0 saturated heterocycles. The highest BCUT2D eigenvalue weighted by Crippen LogP contribution is 2.39. The third kappa shape index (κ3) is 7.46. The predicted molar refractivity (Wildman–Crippen MR) is 305 cm³/mol. The van der Waals surface area contributed by atoms with Crippen LogP contribution < -0.4 is 42.3 Å². The Kier molecular flexibility index (Phi) is 10.6. The lowest BCUT2D eigenvalue weighted by atomic mass is 9.58. The van der Waals surface area contributed by atoms with Gasteiger partial charge in [-0.05, 0) is 109 Å². The molecule has 2 N–H and O–H groups in total. The summed E-state index contributed by atoms with van der Waals surface area (Å²) in [5.74, 6) is 0. The molecule has 0 unspecified atom stereocenters. The monoisotopic (exact) mass is 920 g/mol. The minimum Gasteiger partial charge on any atom is -0.356 e. The Labute approximate surface area is 416 Å². The number of benzene rings is 11. The first-order chi connectivity index (χ1) is 35.2. The maximum absolute atomic E-state index is 3.92. The summed E-state index contributed by atoms with van der Waals surface area (Å²) in [4.78, 5) is 0. The second-order valence-electron chi connectivity index (χ2n) is 18.4. The van der Waals surface area contributed by atoms with Gasteiger partial charge in [-0.2, -0.15) is 0 Å². The van der Waals surface area contributed by atoms with Gasteiger partial charge in [0.05, 0.1) is 11.0 Å². The van der Waals surface area contributed by atoms with Crippen LogP contribution >= 0.6 is 0 Å². The van der Waals surface area contributed by atoms with Gasteiger partial charge < -0.3 is 15.2 Å². The van der Waals surface area contributed by atoms with E-state index in [0.717, 1.165) is 67.2 Å². The Balaban J connectivity index is 0.991. The molecule has 12 aromatic rings. The fourth-order valence-electron chi connectivity index (χ4n) is 11.1. The molecule has 5 heteroatoms. The molecule has 1 radical (unpaired) electrons. The number of rotatable bonds is 10. The summed E-state index contributed by atoms with van der Waals surface area (Å²) in [6.07, 6.45) is 0. The first kappa shape index (κ1) is 42.2. The van der Waals surface area contributed by atoms with Crippen LogP contribution in [0.2, 0.25) is 0 Å². The third-order valence-corrected chi connectivity index (χ3v) is 19.1. The Hall–Kier alpha value is -8.90. The van der Waals surface area contributed by atoms with E-state index in [1.54, 1.807) is 0 Å². The number of anilines is 4. The molecule has 0 saturated carbocycles. The van der Waals surface area contributed by atoms with Crippen molar-refractivity contribution in [3.63, 3.8) is 0 Å². The zero-order chi connectivity index (χ0) is 47.1. The first-order valence-corrected chi connectivity index (χ1v) is 26.4. The summed E-state index contributed by atoms with van der Waals surface area (Å²) in [5, 5.41) is 15.7. The van der Waals surface area contributed by atoms with Crippen LogP contribution in [0.3, 0.4) is 0 Å². The number of aromatic nitrogens is 1. The molecule has 0 aliphatic carbocycles. The maximum atomic E-state index is 3.92.